The predicted octanol–water partition coefficient (Wildman–Crippen LogP) is 5.02. The van der Waals surface area contributed by atoms with E-state index in [1.807, 2.05) is 18.2 Å². The van der Waals surface area contributed by atoms with Crippen molar-refractivity contribution < 1.29 is 22.7 Å². The predicted molar refractivity (Wildman–Crippen MR) is 142 cm³/mol. The molecular formula is C29H31NO5S. The molecule has 3 aromatic carbocycles. The van der Waals surface area contributed by atoms with Crippen LogP contribution in [0.2, 0.25) is 0 Å². The molecule has 7 heteroatoms. The number of hydrogen-bond acceptors (Lipinski definition) is 6. The van der Waals surface area contributed by atoms with Crippen molar-refractivity contribution in [3.8, 4) is 22.6 Å². The van der Waals surface area contributed by atoms with Crippen LogP contribution in [-0.4, -0.2) is 39.9 Å². The number of benzene rings is 3. The van der Waals surface area contributed by atoms with Crippen LogP contribution in [0, 0.1) is 5.92 Å². The Bertz CT molecular complexity index is 1350. The van der Waals surface area contributed by atoms with Crippen molar-refractivity contribution in [1.29, 1.82) is 0 Å². The number of hydrogen-bond donors (Lipinski definition) is 1. The maximum Gasteiger partial charge on any atom is 0.147 e. The van der Waals surface area contributed by atoms with Crippen LogP contribution in [0.5, 0.6) is 11.5 Å². The van der Waals surface area contributed by atoms with Crippen LogP contribution in [0.3, 0.4) is 0 Å². The monoisotopic (exact) mass is 505 g/mol. The van der Waals surface area contributed by atoms with E-state index in [0.717, 1.165) is 58.6 Å². The van der Waals surface area contributed by atoms with E-state index in [9.17, 15) is 13.2 Å². The number of nitrogens with one attached hydrogen (secondary N) is 1. The van der Waals surface area contributed by atoms with Crippen LogP contribution >= 0.6 is 0 Å². The van der Waals surface area contributed by atoms with Gasteiger partial charge in [-0.15, -0.1) is 0 Å². The summed E-state index contributed by atoms with van der Waals surface area (Å²) in [7, 11) is -2.98. The first-order chi connectivity index (χ1) is 17.4. The molecule has 1 saturated carbocycles. The lowest BCUT2D eigenvalue weighted by Gasteiger charge is -2.14. The molecule has 3 aromatic rings. The van der Waals surface area contributed by atoms with Crippen LogP contribution in [-0.2, 0) is 27.6 Å². The van der Waals surface area contributed by atoms with Gasteiger partial charge in [-0.1, -0.05) is 24.3 Å². The fourth-order valence-electron chi connectivity index (χ4n) is 4.74. The third-order valence-electron chi connectivity index (χ3n) is 6.82. The number of carbonyl (C=O) groups excluding carboxylic acids is 1. The van der Waals surface area contributed by atoms with Crippen LogP contribution < -0.4 is 14.8 Å². The van der Waals surface area contributed by atoms with Gasteiger partial charge in [0.05, 0.1) is 19.0 Å². The van der Waals surface area contributed by atoms with Gasteiger partial charge in [0.25, 0.3) is 0 Å². The standard InChI is InChI=1S/C29H31NO5S/c1-36(32,33)14-2-12-34-25-8-9-26-22(16-25)11-13-35-29-10-3-20(15-28(26)29)18-30-24-6-4-21(5-7-24)27-17-23(27)19-31/h3-10,15-16,19,23,27,30H,2,11-14,17-18H2,1H3/t23-,27-/m1/s1. The Labute approximate surface area is 212 Å². The van der Waals surface area contributed by atoms with Crippen molar-refractivity contribution in [2.45, 2.75) is 31.7 Å². The van der Waals surface area contributed by atoms with Crippen LogP contribution in [0.25, 0.3) is 11.1 Å². The summed E-state index contributed by atoms with van der Waals surface area (Å²) in [5, 5.41) is 3.49. The second-order valence-electron chi connectivity index (χ2n) is 9.70. The van der Waals surface area contributed by atoms with E-state index < -0.39 is 9.84 Å². The minimum atomic E-state index is -2.98. The lowest BCUT2D eigenvalue weighted by Crippen LogP contribution is -2.08. The highest BCUT2D eigenvalue weighted by atomic mass is 32.2. The lowest BCUT2D eigenvalue weighted by atomic mass is 9.96. The summed E-state index contributed by atoms with van der Waals surface area (Å²) in [6.07, 6.45) is 4.52. The van der Waals surface area contributed by atoms with E-state index in [0.29, 0.717) is 32.1 Å². The first kappa shape index (κ1) is 24.4. The molecule has 1 heterocycles. The summed E-state index contributed by atoms with van der Waals surface area (Å²) in [6.45, 7) is 1.64. The van der Waals surface area contributed by atoms with E-state index in [2.05, 4.69) is 47.8 Å². The molecule has 0 aromatic heterocycles. The summed E-state index contributed by atoms with van der Waals surface area (Å²) in [5.41, 5.74) is 6.78. The fourth-order valence-corrected chi connectivity index (χ4v) is 5.38. The number of carbonyl (C=O) groups is 1. The molecule has 6 nitrogen and oxygen atoms in total. The number of sulfone groups is 1. The van der Waals surface area contributed by atoms with E-state index in [1.54, 1.807) is 0 Å². The first-order valence-corrected chi connectivity index (χ1v) is 14.4. The highest BCUT2D eigenvalue weighted by molar-refractivity contribution is 7.90. The zero-order valence-electron chi connectivity index (χ0n) is 20.4. The van der Waals surface area contributed by atoms with Crippen molar-refractivity contribution in [3.63, 3.8) is 0 Å². The summed E-state index contributed by atoms with van der Waals surface area (Å²) >= 11 is 0. The summed E-state index contributed by atoms with van der Waals surface area (Å²) in [6, 6.07) is 20.7. The molecule has 1 fully saturated rings. The van der Waals surface area contributed by atoms with Gasteiger partial charge in [-0.2, -0.15) is 0 Å². The molecule has 0 unspecified atom stereocenters. The topological polar surface area (TPSA) is 81.7 Å². The number of anilines is 1. The largest absolute Gasteiger partial charge is 0.494 e. The fraction of sp³-hybridized carbons (Fsp3) is 0.345. The minimum absolute atomic E-state index is 0.126. The lowest BCUT2D eigenvalue weighted by molar-refractivity contribution is -0.108. The molecule has 2 aliphatic rings. The Morgan fingerprint density at radius 3 is 2.64 bits per heavy atom. The summed E-state index contributed by atoms with van der Waals surface area (Å²) in [4.78, 5) is 10.9. The molecule has 0 saturated heterocycles. The molecule has 1 aliphatic carbocycles. The molecule has 2 atom stereocenters. The number of aldehydes is 1. The molecule has 188 valence electrons. The van der Waals surface area contributed by atoms with Gasteiger partial charge < -0.3 is 19.6 Å². The summed E-state index contributed by atoms with van der Waals surface area (Å²) in [5.74, 6) is 2.33. The van der Waals surface area contributed by atoms with E-state index in [1.165, 1.54) is 11.8 Å². The summed E-state index contributed by atoms with van der Waals surface area (Å²) < 4.78 is 34.5. The van der Waals surface area contributed by atoms with E-state index in [4.69, 9.17) is 9.47 Å². The van der Waals surface area contributed by atoms with Crippen molar-refractivity contribution in [1.82, 2.24) is 0 Å². The normalized spacial score (nSPS) is 18.2. The van der Waals surface area contributed by atoms with Gasteiger partial charge >= 0.3 is 0 Å². The van der Waals surface area contributed by atoms with Crippen LogP contribution in [0.15, 0.2) is 60.7 Å². The molecule has 0 spiro atoms. The Kier molecular flexibility index (Phi) is 7.01. The molecule has 1 aliphatic heterocycles. The van der Waals surface area contributed by atoms with Gasteiger partial charge in [-0.25, -0.2) is 8.42 Å². The van der Waals surface area contributed by atoms with Crippen molar-refractivity contribution in [2.24, 2.45) is 5.92 Å². The minimum Gasteiger partial charge on any atom is -0.494 e. The zero-order valence-corrected chi connectivity index (χ0v) is 21.2. The second kappa shape index (κ2) is 10.3. The van der Waals surface area contributed by atoms with E-state index in [-0.39, 0.29) is 11.7 Å². The van der Waals surface area contributed by atoms with Crippen LogP contribution in [0.1, 0.15) is 35.4 Å². The quantitative estimate of drug-likeness (QED) is 0.308. The van der Waals surface area contributed by atoms with Crippen molar-refractivity contribution >= 4 is 21.8 Å². The second-order valence-corrected chi connectivity index (χ2v) is 12.0. The number of rotatable bonds is 10. The van der Waals surface area contributed by atoms with E-state index >= 15 is 0 Å². The average molecular weight is 506 g/mol. The molecular weight excluding hydrogens is 474 g/mol. The van der Waals surface area contributed by atoms with Crippen molar-refractivity contribution in [3.05, 3.63) is 77.4 Å². The van der Waals surface area contributed by atoms with Gasteiger partial charge in [-0.3, -0.25) is 0 Å². The molecule has 36 heavy (non-hydrogen) atoms. The third kappa shape index (κ3) is 5.90. The highest BCUT2D eigenvalue weighted by Gasteiger charge is 2.37. The third-order valence-corrected chi connectivity index (χ3v) is 7.85. The Hall–Kier alpha value is -3.32. The number of ether oxygens (including phenoxy) is 2. The molecule has 5 rings (SSSR count). The zero-order chi connectivity index (χ0) is 25.1. The highest BCUT2D eigenvalue weighted by Crippen LogP contribution is 2.46. The average Bonchev–Trinajstić information content (AvgIpc) is 3.68. The van der Waals surface area contributed by atoms with Gasteiger partial charge in [-0.05, 0) is 77.4 Å². The Balaban J connectivity index is 1.25. The first-order valence-electron chi connectivity index (χ1n) is 12.4. The maximum absolute atomic E-state index is 11.3. The van der Waals surface area contributed by atoms with Gasteiger partial charge in [0, 0.05) is 36.4 Å². The maximum atomic E-state index is 11.3. The molecule has 0 bridgehead atoms. The Morgan fingerprint density at radius 2 is 1.89 bits per heavy atom. The van der Waals surface area contributed by atoms with Crippen molar-refractivity contribution in [2.75, 3.05) is 30.5 Å². The van der Waals surface area contributed by atoms with Gasteiger partial charge in [0.1, 0.15) is 27.6 Å². The number of fused-ring (bicyclic) bond motifs is 3. The molecule has 0 amide bonds. The van der Waals surface area contributed by atoms with Crippen LogP contribution in [0.4, 0.5) is 5.69 Å². The SMILES string of the molecule is CS(=O)(=O)CCCOc1ccc2c(c1)CCOc1ccc(CNc3ccc([C@H]4C[C@@H]4C=O)cc3)cc1-2. The smallest absolute Gasteiger partial charge is 0.147 e. The Morgan fingerprint density at radius 1 is 1.06 bits per heavy atom. The van der Waals surface area contributed by atoms with Gasteiger partial charge in [0.2, 0.25) is 0 Å². The molecule has 0 radical (unpaired) electrons. The van der Waals surface area contributed by atoms with Gasteiger partial charge in [0.15, 0.2) is 0 Å². The molecule has 1 N–H and O–H groups in total.